The van der Waals surface area contributed by atoms with E-state index in [0.29, 0.717) is 24.9 Å². The molecule has 0 fully saturated rings. The second kappa shape index (κ2) is 10.2. The van der Waals surface area contributed by atoms with Crippen LogP contribution >= 0.6 is 11.3 Å². The van der Waals surface area contributed by atoms with E-state index < -0.39 is 0 Å². The lowest BCUT2D eigenvalue weighted by atomic mass is 10.1. The first-order valence-electron chi connectivity index (χ1n) is 9.22. The molecule has 0 aromatic carbocycles. The number of nitrogens with one attached hydrogen (secondary N) is 1. The predicted octanol–water partition coefficient (Wildman–Crippen LogP) is 2.70. The van der Waals surface area contributed by atoms with Gasteiger partial charge < -0.3 is 10.1 Å². The number of aromatic nitrogens is 2. The Labute approximate surface area is 162 Å². The van der Waals surface area contributed by atoms with Crippen molar-refractivity contribution in [2.45, 2.75) is 58.9 Å². The molecule has 0 aliphatic carbocycles. The van der Waals surface area contributed by atoms with Crippen LogP contribution in [-0.2, 0) is 20.9 Å². The highest BCUT2D eigenvalue weighted by Crippen LogP contribution is 2.25. The zero-order chi connectivity index (χ0) is 19.8. The number of carbonyl (C=O) groups is 2. The number of hydrogen-bond donors (Lipinski definition) is 1. The van der Waals surface area contributed by atoms with Crippen LogP contribution in [0.5, 0.6) is 0 Å². The van der Waals surface area contributed by atoms with Gasteiger partial charge in [-0.2, -0.15) is 0 Å². The molecule has 7 nitrogen and oxygen atoms in total. The number of methoxy groups -OCH3 is 1. The average molecular weight is 394 g/mol. The maximum Gasteiger partial charge on any atom is 0.305 e. The Bertz CT molecular complexity index is 856. The molecule has 27 heavy (non-hydrogen) atoms. The van der Waals surface area contributed by atoms with Crippen LogP contribution in [-0.4, -0.2) is 35.1 Å². The third-order valence-corrected chi connectivity index (χ3v) is 5.71. The van der Waals surface area contributed by atoms with E-state index in [0.717, 1.165) is 41.0 Å². The molecule has 0 unspecified atom stereocenters. The second-order valence-electron chi connectivity index (χ2n) is 6.55. The number of ether oxygens (including phenoxy) is 1. The Kier molecular flexibility index (Phi) is 7.97. The molecule has 0 atom stereocenters. The molecule has 8 heteroatoms. The van der Waals surface area contributed by atoms with E-state index in [4.69, 9.17) is 0 Å². The van der Waals surface area contributed by atoms with Crippen molar-refractivity contribution < 1.29 is 14.3 Å². The van der Waals surface area contributed by atoms with Gasteiger partial charge in [-0.1, -0.05) is 12.8 Å². The van der Waals surface area contributed by atoms with Gasteiger partial charge in [0.2, 0.25) is 5.91 Å². The molecule has 0 aliphatic rings. The number of aryl methyl sites for hydroxylation is 3. The summed E-state index contributed by atoms with van der Waals surface area (Å²) in [6, 6.07) is 0. The maximum atomic E-state index is 12.6. The van der Waals surface area contributed by atoms with Crippen molar-refractivity contribution in [1.29, 1.82) is 0 Å². The van der Waals surface area contributed by atoms with Crippen molar-refractivity contribution in [2.75, 3.05) is 13.7 Å². The number of nitrogens with zero attached hydrogens (tertiary/aromatic N) is 2. The molecule has 148 valence electrons. The van der Waals surface area contributed by atoms with Crippen molar-refractivity contribution in [1.82, 2.24) is 14.9 Å². The Balaban J connectivity index is 1.71. The van der Waals surface area contributed by atoms with Crippen LogP contribution in [0.3, 0.4) is 0 Å². The van der Waals surface area contributed by atoms with Crippen LogP contribution in [0.2, 0.25) is 0 Å². The van der Waals surface area contributed by atoms with Crippen LogP contribution in [0.15, 0.2) is 11.1 Å². The zero-order valence-corrected chi connectivity index (χ0v) is 17.0. The highest BCUT2D eigenvalue weighted by molar-refractivity contribution is 7.18. The highest BCUT2D eigenvalue weighted by atomic mass is 32.1. The molecule has 0 bridgehead atoms. The number of rotatable bonds is 10. The van der Waals surface area contributed by atoms with Gasteiger partial charge in [-0.25, -0.2) is 4.98 Å². The first-order chi connectivity index (χ1) is 12.9. The average Bonchev–Trinajstić information content (AvgIpc) is 2.94. The first-order valence-corrected chi connectivity index (χ1v) is 10.0. The normalized spacial score (nSPS) is 10.9. The third kappa shape index (κ3) is 5.89. The summed E-state index contributed by atoms with van der Waals surface area (Å²) in [6.45, 7) is 4.83. The molecular formula is C19H27N3O4S. The molecule has 1 N–H and O–H groups in total. The van der Waals surface area contributed by atoms with Crippen LogP contribution in [0, 0.1) is 13.8 Å². The van der Waals surface area contributed by atoms with E-state index >= 15 is 0 Å². The van der Waals surface area contributed by atoms with Crippen molar-refractivity contribution in [3.63, 3.8) is 0 Å². The fourth-order valence-electron chi connectivity index (χ4n) is 2.82. The van der Waals surface area contributed by atoms with E-state index in [-0.39, 0.29) is 23.9 Å². The minimum absolute atomic E-state index is 0.0743. The zero-order valence-electron chi connectivity index (χ0n) is 16.2. The lowest BCUT2D eigenvalue weighted by Gasteiger charge is -2.07. The molecule has 1 amide bonds. The second-order valence-corrected chi connectivity index (χ2v) is 7.75. The minimum atomic E-state index is -0.181. The number of fused-ring (bicyclic) bond motifs is 1. The van der Waals surface area contributed by atoms with Gasteiger partial charge >= 0.3 is 5.97 Å². The van der Waals surface area contributed by atoms with Gasteiger partial charge in [-0.15, -0.1) is 11.3 Å². The highest BCUT2D eigenvalue weighted by Gasteiger charge is 2.12. The van der Waals surface area contributed by atoms with Crippen LogP contribution < -0.4 is 10.9 Å². The van der Waals surface area contributed by atoms with Crippen LogP contribution in [0.1, 0.15) is 49.0 Å². The molecule has 2 rings (SSSR count). The summed E-state index contributed by atoms with van der Waals surface area (Å²) in [4.78, 5) is 41.7. The number of esters is 1. The third-order valence-electron chi connectivity index (χ3n) is 4.59. The maximum absolute atomic E-state index is 12.6. The molecule has 0 saturated heterocycles. The topological polar surface area (TPSA) is 90.3 Å². The van der Waals surface area contributed by atoms with E-state index in [9.17, 15) is 14.4 Å². The number of thiophene rings is 1. The number of hydrogen-bond acceptors (Lipinski definition) is 6. The lowest BCUT2D eigenvalue weighted by Crippen LogP contribution is -2.28. The number of amides is 1. The SMILES string of the molecule is COC(=O)CCCCCCNC(=O)CCn1cnc2sc(C)c(C)c2c1=O. The van der Waals surface area contributed by atoms with Crippen molar-refractivity contribution >= 4 is 33.4 Å². The Morgan fingerprint density at radius 2 is 1.93 bits per heavy atom. The summed E-state index contributed by atoms with van der Waals surface area (Å²) in [7, 11) is 1.39. The molecule has 0 saturated carbocycles. The quantitative estimate of drug-likeness (QED) is 0.495. The van der Waals surface area contributed by atoms with E-state index in [2.05, 4.69) is 15.0 Å². The van der Waals surface area contributed by atoms with Gasteiger partial charge in [0.05, 0.1) is 18.8 Å². The Hall–Kier alpha value is -2.22. The standard InChI is InChI=1S/C19H27N3O4S/c1-13-14(2)27-18-17(13)19(25)22(12-21-18)11-9-15(23)20-10-7-5-4-6-8-16(24)26-3/h12H,4-11H2,1-3H3,(H,20,23). The smallest absolute Gasteiger partial charge is 0.305 e. The minimum Gasteiger partial charge on any atom is -0.469 e. The van der Waals surface area contributed by atoms with Crippen LogP contribution in [0.25, 0.3) is 10.2 Å². The molecule has 2 aromatic rings. The summed E-state index contributed by atoms with van der Waals surface area (Å²) in [5.74, 6) is -0.256. The molecule has 0 radical (unpaired) electrons. The van der Waals surface area contributed by atoms with Crippen molar-refractivity contribution in [3.05, 3.63) is 27.1 Å². The van der Waals surface area contributed by atoms with Gasteiger partial charge in [0.25, 0.3) is 5.56 Å². The fraction of sp³-hybridized carbons (Fsp3) is 0.579. The lowest BCUT2D eigenvalue weighted by molar-refractivity contribution is -0.140. The van der Waals surface area contributed by atoms with Gasteiger partial charge in [-0.3, -0.25) is 19.0 Å². The van der Waals surface area contributed by atoms with Crippen molar-refractivity contribution in [3.8, 4) is 0 Å². The van der Waals surface area contributed by atoms with E-state index in [1.807, 2.05) is 13.8 Å². The van der Waals surface area contributed by atoms with Crippen molar-refractivity contribution in [2.24, 2.45) is 0 Å². The fourth-order valence-corrected chi connectivity index (χ4v) is 3.80. The Morgan fingerprint density at radius 3 is 2.67 bits per heavy atom. The summed E-state index contributed by atoms with van der Waals surface area (Å²) in [6.07, 6.45) is 5.78. The van der Waals surface area contributed by atoms with Gasteiger partial charge in [-0.05, 0) is 32.3 Å². The molecular weight excluding hydrogens is 366 g/mol. The molecule has 0 spiro atoms. The summed E-state index contributed by atoms with van der Waals surface area (Å²) < 4.78 is 6.10. The largest absolute Gasteiger partial charge is 0.469 e. The summed E-state index contributed by atoms with van der Waals surface area (Å²) >= 11 is 1.52. The number of unbranched alkanes of at least 4 members (excludes halogenated alkanes) is 3. The van der Waals surface area contributed by atoms with E-state index in [1.165, 1.54) is 29.3 Å². The van der Waals surface area contributed by atoms with Gasteiger partial charge in [0.1, 0.15) is 4.83 Å². The molecule has 2 heterocycles. The van der Waals surface area contributed by atoms with Gasteiger partial charge in [0, 0.05) is 30.8 Å². The first kappa shape index (κ1) is 21.1. The van der Waals surface area contributed by atoms with Crippen LogP contribution in [0.4, 0.5) is 0 Å². The summed E-state index contributed by atoms with van der Waals surface area (Å²) in [5, 5.41) is 3.53. The molecule has 2 aromatic heterocycles. The summed E-state index contributed by atoms with van der Waals surface area (Å²) in [5.41, 5.74) is 0.888. The predicted molar refractivity (Wildman–Crippen MR) is 106 cm³/mol. The molecule has 0 aliphatic heterocycles. The monoisotopic (exact) mass is 393 g/mol. The number of carbonyl (C=O) groups excluding carboxylic acids is 2. The Morgan fingerprint density at radius 1 is 1.19 bits per heavy atom. The van der Waals surface area contributed by atoms with E-state index in [1.54, 1.807) is 0 Å². The van der Waals surface area contributed by atoms with Gasteiger partial charge in [0.15, 0.2) is 0 Å².